The standard InChI is InChI=1S/C21H25N3O6S/c1-22-31(27,28)16-12-17(23(2)13-16)21(26)24-7-5-14(6-8-24)20(25)15-3-4-18-19(11-15)30-10-9-29-18/h3-4,11-14,22H,5-10H2,1-2H3. The number of sulfonamides is 1. The second-order valence-electron chi connectivity index (χ2n) is 7.67. The van der Waals surface area contributed by atoms with E-state index in [1.165, 1.54) is 23.9 Å². The van der Waals surface area contributed by atoms with Crippen LogP contribution in [-0.2, 0) is 17.1 Å². The van der Waals surface area contributed by atoms with Gasteiger partial charge in [0.1, 0.15) is 23.8 Å². The van der Waals surface area contributed by atoms with Crippen molar-refractivity contribution in [3.8, 4) is 11.5 Å². The second kappa shape index (κ2) is 8.35. The highest BCUT2D eigenvalue weighted by atomic mass is 32.2. The van der Waals surface area contributed by atoms with Crippen LogP contribution in [0.25, 0.3) is 0 Å². The maximum Gasteiger partial charge on any atom is 0.270 e. The van der Waals surface area contributed by atoms with E-state index in [0.29, 0.717) is 61.9 Å². The molecule has 3 heterocycles. The summed E-state index contributed by atoms with van der Waals surface area (Å²) in [6.07, 6.45) is 2.51. The number of ketones is 1. The van der Waals surface area contributed by atoms with Gasteiger partial charge in [-0.15, -0.1) is 0 Å². The molecule has 31 heavy (non-hydrogen) atoms. The highest BCUT2D eigenvalue weighted by Gasteiger charge is 2.30. The third-order valence-corrected chi connectivity index (χ3v) is 7.14. The number of carbonyl (C=O) groups excluding carboxylic acids is 2. The smallest absolute Gasteiger partial charge is 0.270 e. The molecule has 0 unspecified atom stereocenters. The number of rotatable bonds is 5. The molecule has 0 saturated carbocycles. The molecule has 1 saturated heterocycles. The number of carbonyl (C=O) groups is 2. The maximum absolute atomic E-state index is 13.0. The van der Waals surface area contributed by atoms with Gasteiger partial charge in [-0.2, -0.15) is 0 Å². The number of amides is 1. The Morgan fingerprint density at radius 2 is 1.74 bits per heavy atom. The van der Waals surface area contributed by atoms with Gasteiger partial charge >= 0.3 is 0 Å². The number of fused-ring (bicyclic) bond motifs is 1. The van der Waals surface area contributed by atoms with Crippen LogP contribution < -0.4 is 14.2 Å². The first-order valence-corrected chi connectivity index (χ1v) is 11.6. The Kier molecular flexibility index (Phi) is 5.76. The van der Waals surface area contributed by atoms with Crippen molar-refractivity contribution < 1.29 is 27.5 Å². The molecule has 0 aliphatic carbocycles. The van der Waals surface area contributed by atoms with E-state index in [1.54, 1.807) is 30.1 Å². The highest BCUT2D eigenvalue weighted by molar-refractivity contribution is 7.89. The molecule has 1 fully saturated rings. The summed E-state index contributed by atoms with van der Waals surface area (Å²) >= 11 is 0. The molecule has 1 aromatic heterocycles. The second-order valence-corrected chi connectivity index (χ2v) is 9.56. The number of Topliss-reactive ketones (excluding diaryl/α,β-unsaturated/α-hetero) is 1. The third kappa shape index (κ3) is 4.17. The SMILES string of the molecule is CNS(=O)(=O)c1cc(C(=O)N2CCC(C(=O)c3ccc4c(c3)OCCO4)CC2)n(C)c1. The van der Waals surface area contributed by atoms with Crippen LogP contribution in [0, 0.1) is 5.92 Å². The van der Waals surface area contributed by atoms with Crippen LogP contribution in [-0.4, -0.2) is 62.9 Å². The molecule has 2 aliphatic heterocycles. The van der Waals surface area contributed by atoms with Crippen molar-refractivity contribution in [2.24, 2.45) is 13.0 Å². The summed E-state index contributed by atoms with van der Waals surface area (Å²) in [4.78, 5) is 27.6. The lowest BCUT2D eigenvalue weighted by Gasteiger charge is -2.31. The minimum absolute atomic E-state index is 0.0327. The first-order chi connectivity index (χ1) is 14.8. The van der Waals surface area contributed by atoms with E-state index in [9.17, 15) is 18.0 Å². The van der Waals surface area contributed by atoms with Crippen LogP contribution in [0.4, 0.5) is 0 Å². The summed E-state index contributed by atoms with van der Waals surface area (Å²) in [5.41, 5.74) is 0.879. The zero-order valence-corrected chi connectivity index (χ0v) is 18.3. The first-order valence-electron chi connectivity index (χ1n) is 10.1. The molecule has 9 nitrogen and oxygen atoms in total. The van der Waals surface area contributed by atoms with Crippen LogP contribution in [0.2, 0.25) is 0 Å². The summed E-state index contributed by atoms with van der Waals surface area (Å²) in [5.74, 6) is 0.835. The lowest BCUT2D eigenvalue weighted by atomic mass is 9.88. The van der Waals surface area contributed by atoms with Crippen LogP contribution in [0.1, 0.15) is 33.7 Å². The Morgan fingerprint density at radius 1 is 1.06 bits per heavy atom. The lowest BCUT2D eigenvalue weighted by molar-refractivity contribution is 0.0642. The number of nitrogens with zero attached hydrogens (tertiary/aromatic N) is 2. The third-order valence-electron chi connectivity index (χ3n) is 5.76. The van der Waals surface area contributed by atoms with Gasteiger partial charge in [-0.25, -0.2) is 13.1 Å². The van der Waals surface area contributed by atoms with Gasteiger partial charge < -0.3 is 18.9 Å². The topological polar surface area (TPSA) is 107 Å². The van der Waals surface area contributed by atoms with Gasteiger partial charge in [0.15, 0.2) is 17.3 Å². The van der Waals surface area contributed by atoms with E-state index >= 15 is 0 Å². The molecule has 1 N–H and O–H groups in total. The molecule has 0 bridgehead atoms. The highest BCUT2D eigenvalue weighted by Crippen LogP contribution is 2.32. The zero-order valence-electron chi connectivity index (χ0n) is 17.5. The summed E-state index contributed by atoms with van der Waals surface area (Å²) in [7, 11) is -0.661. The fourth-order valence-electron chi connectivity index (χ4n) is 3.95. The van der Waals surface area contributed by atoms with Crippen molar-refractivity contribution in [2.45, 2.75) is 17.7 Å². The van der Waals surface area contributed by atoms with Crippen molar-refractivity contribution in [1.29, 1.82) is 0 Å². The molecule has 2 aliphatic rings. The summed E-state index contributed by atoms with van der Waals surface area (Å²) < 4.78 is 38.8. The van der Waals surface area contributed by atoms with Crippen molar-refractivity contribution in [3.63, 3.8) is 0 Å². The maximum atomic E-state index is 13.0. The van der Waals surface area contributed by atoms with E-state index in [-0.39, 0.29) is 22.5 Å². The molecule has 0 spiro atoms. The van der Waals surface area contributed by atoms with Gasteiger partial charge in [-0.1, -0.05) is 0 Å². The predicted molar refractivity (Wildman–Crippen MR) is 112 cm³/mol. The number of hydrogen-bond acceptors (Lipinski definition) is 6. The molecule has 10 heteroatoms. The van der Waals surface area contributed by atoms with Gasteiger partial charge in [0.05, 0.1) is 0 Å². The number of aryl methyl sites for hydroxylation is 1. The number of aromatic nitrogens is 1. The van der Waals surface area contributed by atoms with Gasteiger partial charge in [-0.3, -0.25) is 9.59 Å². The normalized spacial score (nSPS) is 16.9. The zero-order chi connectivity index (χ0) is 22.2. The average Bonchev–Trinajstić information content (AvgIpc) is 3.20. The van der Waals surface area contributed by atoms with Crippen molar-refractivity contribution in [2.75, 3.05) is 33.4 Å². The monoisotopic (exact) mass is 447 g/mol. The predicted octanol–water partition coefficient (Wildman–Crippen LogP) is 1.44. The fourth-order valence-corrected chi connectivity index (χ4v) is 4.75. The summed E-state index contributed by atoms with van der Waals surface area (Å²) in [6, 6.07) is 6.61. The summed E-state index contributed by atoms with van der Waals surface area (Å²) in [5, 5.41) is 0. The molecule has 0 radical (unpaired) electrons. The number of piperidine rings is 1. The van der Waals surface area contributed by atoms with E-state index in [1.807, 2.05) is 0 Å². The molecular weight excluding hydrogens is 422 g/mol. The molecule has 4 rings (SSSR count). The number of nitrogens with one attached hydrogen (secondary N) is 1. The van der Waals surface area contributed by atoms with E-state index in [2.05, 4.69) is 4.72 Å². The molecule has 1 aromatic carbocycles. The Hall–Kier alpha value is -2.85. The van der Waals surface area contributed by atoms with Crippen LogP contribution in [0.5, 0.6) is 11.5 Å². The summed E-state index contributed by atoms with van der Waals surface area (Å²) in [6.45, 7) is 1.82. The van der Waals surface area contributed by atoms with Gasteiger partial charge in [0.25, 0.3) is 5.91 Å². The molecular formula is C21H25N3O6S. The van der Waals surface area contributed by atoms with Gasteiger partial charge in [0.2, 0.25) is 10.0 Å². The first kappa shape index (κ1) is 21.4. The lowest BCUT2D eigenvalue weighted by Crippen LogP contribution is -2.40. The van der Waals surface area contributed by atoms with Crippen LogP contribution in [0.15, 0.2) is 35.4 Å². The van der Waals surface area contributed by atoms with Crippen molar-refractivity contribution in [1.82, 2.24) is 14.2 Å². The van der Waals surface area contributed by atoms with Crippen molar-refractivity contribution in [3.05, 3.63) is 41.7 Å². The van der Waals surface area contributed by atoms with Gasteiger partial charge in [-0.05, 0) is 44.2 Å². The number of benzene rings is 1. The molecule has 0 atom stereocenters. The number of likely N-dealkylation sites (tertiary alicyclic amines) is 1. The van der Waals surface area contributed by atoms with Crippen molar-refractivity contribution >= 4 is 21.7 Å². The molecule has 2 aromatic rings. The minimum atomic E-state index is -3.63. The Morgan fingerprint density at radius 3 is 2.42 bits per heavy atom. The number of ether oxygens (including phenoxy) is 2. The van der Waals surface area contributed by atoms with E-state index in [4.69, 9.17) is 9.47 Å². The minimum Gasteiger partial charge on any atom is -0.486 e. The van der Waals surface area contributed by atoms with Gasteiger partial charge in [0, 0.05) is 37.8 Å². The van der Waals surface area contributed by atoms with Crippen LogP contribution in [0.3, 0.4) is 0 Å². The Labute approximate surface area is 181 Å². The molecule has 1 amide bonds. The molecule has 166 valence electrons. The fraction of sp³-hybridized carbons (Fsp3) is 0.429. The Bertz CT molecular complexity index is 1120. The van der Waals surface area contributed by atoms with E-state index < -0.39 is 10.0 Å². The van der Waals surface area contributed by atoms with E-state index in [0.717, 1.165) is 0 Å². The number of hydrogen-bond donors (Lipinski definition) is 1. The van der Waals surface area contributed by atoms with Crippen LogP contribution >= 0.6 is 0 Å². The Balaban J connectivity index is 1.42. The largest absolute Gasteiger partial charge is 0.486 e. The average molecular weight is 448 g/mol. The quantitative estimate of drug-likeness (QED) is 0.695.